The van der Waals surface area contributed by atoms with E-state index >= 15 is 0 Å². The smallest absolute Gasteiger partial charge is 0.354 e. The summed E-state index contributed by atoms with van der Waals surface area (Å²) in [5.41, 5.74) is 0.107. The third kappa shape index (κ3) is 3.72. The Morgan fingerprint density at radius 1 is 1.33 bits per heavy atom. The summed E-state index contributed by atoms with van der Waals surface area (Å²) in [6.07, 6.45) is 2.26. The lowest BCUT2D eigenvalue weighted by atomic mass is 10.0. The summed E-state index contributed by atoms with van der Waals surface area (Å²) in [4.78, 5) is 17.3. The SMILES string of the molecule is CCC(CC)CN(CC)c1cccc(C(=O)O)n1. The molecule has 0 radical (unpaired) electrons. The largest absolute Gasteiger partial charge is 0.477 e. The van der Waals surface area contributed by atoms with Crippen LogP contribution in [0.1, 0.15) is 44.1 Å². The molecule has 4 nitrogen and oxygen atoms in total. The molecule has 1 aromatic heterocycles. The van der Waals surface area contributed by atoms with Crippen molar-refractivity contribution in [3.05, 3.63) is 23.9 Å². The molecule has 0 bridgehead atoms. The van der Waals surface area contributed by atoms with Crippen LogP contribution in [0, 0.1) is 5.92 Å². The number of carbonyl (C=O) groups is 1. The first-order valence-corrected chi connectivity index (χ1v) is 6.57. The molecule has 1 N–H and O–H groups in total. The lowest BCUT2D eigenvalue weighted by Crippen LogP contribution is -2.30. The fraction of sp³-hybridized carbons (Fsp3) is 0.571. The van der Waals surface area contributed by atoms with E-state index in [1.54, 1.807) is 6.07 Å². The standard InChI is InChI=1S/C14H22N2O2/c1-4-11(5-2)10-16(6-3)13-9-7-8-12(15-13)14(17)18/h7-9,11H,4-6,10H2,1-3H3,(H,17,18). The molecule has 1 aromatic rings. The second-order valence-electron chi connectivity index (χ2n) is 4.41. The van der Waals surface area contributed by atoms with Crippen LogP contribution in [-0.4, -0.2) is 29.1 Å². The Balaban J connectivity index is 2.87. The van der Waals surface area contributed by atoms with Gasteiger partial charge in [-0.25, -0.2) is 9.78 Å². The Bertz CT molecular complexity index is 389. The summed E-state index contributed by atoms with van der Waals surface area (Å²) in [7, 11) is 0. The highest BCUT2D eigenvalue weighted by atomic mass is 16.4. The van der Waals surface area contributed by atoms with E-state index in [0.29, 0.717) is 5.92 Å². The van der Waals surface area contributed by atoms with Crippen LogP contribution >= 0.6 is 0 Å². The predicted molar refractivity (Wildman–Crippen MR) is 73.2 cm³/mol. The summed E-state index contributed by atoms with van der Waals surface area (Å²) >= 11 is 0. The number of rotatable bonds is 7. The average Bonchev–Trinajstić information content (AvgIpc) is 2.40. The Morgan fingerprint density at radius 2 is 2.00 bits per heavy atom. The summed E-state index contributed by atoms with van der Waals surface area (Å²) < 4.78 is 0. The molecule has 0 aromatic carbocycles. The Kier molecular flexibility index (Phi) is 5.62. The molecule has 0 aliphatic carbocycles. The fourth-order valence-corrected chi connectivity index (χ4v) is 1.96. The van der Waals surface area contributed by atoms with Gasteiger partial charge in [0.2, 0.25) is 0 Å². The highest BCUT2D eigenvalue weighted by Gasteiger charge is 2.13. The molecule has 1 heterocycles. The van der Waals surface area contributed by atoms with Crippen molar-refractivity contribution in [2.45, 2.75) is 33.6 Å². The highest BCUT2D eigenvalue weighted by molar-refractivity contribution is 5.85. The number of nitrogens with zero attached hydrogens (tertiary/aromatic N) is 2. The Hall–Kier alpha value is -1.58. The summed E-state index contributed by atoms with van der Waals surface area (Å²) in [6.45, 7) is 8.20. The summed E-state index contributed by atoms with van der Waals surface area (Å²) in [6, 6.07) is 5.15. The molecule has 0 aliphatic rings. The quantitative estimate of drug-likeness (QED) is 0.808. The second kappa shape index (κ2) is 6.99. The number of carboxylic acids is 1. The first-order chi connectivity index (χ1) is 8.62. The number of anilines is 1. The Morgan fingerprint density at radius 3 is 2.50 bits per heavy atom. The predicted octanol–water partition coefficient (Wildman–Crippen LogP) is 3.04. The normalized spacial score (nSPS) is 10.7. The van der Waals surface area contributed by atoms with Gasteiger partial charge in [-0.05, 0) is 25.0 Å². The molecule has 0 amide bonds. The van der Waals surface area contributed by atoms with Crippen molar-refractivity contribution in [3.8, 4) is 0 Å². The molecule has 0 fully saturated rings. The van der Waals surface area contributed by atoms with Crippen LogP contribution in [0.25, 0.3) is 0 Å². The van der Waals surface area contributed by atoms with Crippen LogP contribution in [0.5, 0.6) is 0 Å². The van der Waals surface area contributed by atoms with E-state index in [1.807, 2.05) is 6.07 Å². The van der Waals surface area contributed by atoms with Crippen LogP contribution in [0.4, 0.5) is 5.82 Å². The minimum atomic E-state index is -0.976. The maximum Gasteiger partial charge on any atom is 0.354 e. The number of pyridine rings is 1. The summed E-state index contributed by atoms with van der Waals surface area (Å²) in [5.74, 6) is 0.403. The molecule has 0 aliphatic heterocycles. The average molecular weight is 250 g/mol. The maximum atomic E-state index is 10.9. The monoisotopic (exact) mass is 250 g/mol. The molecule has 0 saturated heterocycles. The highest BCUT2D eigenvalue weighted by Crippen LogP contribution is 2.16. The van der Waals surface area contributed by atoms with E-state index in [4.69, 9.17) is 5.11 Å². The van der Waals surface area contributed by atoms with E-state index in [0.717, 1.165) is 31.7 Å². The zero-order valence-corrected chi connectivity index (χ0v) is 11.4. The lowest BCUT2D eigenvalue weighted by molar-refractivity contribution is 0.0690. The van der Waals surface area contributed by atoms with E-state index in [2.05, 4.69) is 30.7 Å². The van der Waals surface area contributed by atoms with Crippen molar-refractivity contribution in [1.82, 2.24) is 4.98 Å². The summed E-state index contributed by atoms with van der Waals surface area (Å²) in [5, 5.41) is 8.96. The second-order valence-corrected chi connectivity index (χ2v) is 4.41. The lowest BCUT2D eigenvalue weighted by Gasteiger charge is -2.26. The number of hydrogen-bond acceptors (Lipinski definition) is 3. The van der Waals surface area contributed by atoms with Crippen molar-refractivity contribution in [3.63, 3.8) is 0 Å². The molecular formula is C14H22N2O2. The molecular weight excluding hydrogens is 228 g/mol. The minimum Gasteiger partial charge on any atom is -0.477 e. The van der Waals surface area contributed by atoms with Gasteiger partial charge in [0.1, 0.15) is 5.82 Å². The van der Waals surface area contributed by atoms with Crippen LogP contribution in [-0.2, 0) is 0 Å². The Labute approximate surface area is 109 Å². The van der Waals surface area contributed by atoms with E-state index in [-0.39, 0.29) is 5.69 Å². The number of aromatic nitrogens is 1. The van der Waals surface area contributed by atoms with Crippen molar-refractivity contribution in [2.75, 3.05) is 18.0 Å². The van der Waals surface area contributed by atoms with E-state index in [1.165, 1.54) is 6.07 Å². The van der Waals surface area contributed by atoms with Crippen LogP contribution < -0.4 is 4.90 Å². The van der Waals surface area contributed by atoms with Gasteiger partial charge in [-0.2, -0.15) is 0 Å². The zero-order chi connectivity index (χ0) is 13.5. The maximum absolute atomic E-state index is 10.9. The van der Waals surface area contributed by atoms with Gasteiger partial charge in [0.15, 0.2) is 5.69 Å². The van der Waals surface area contributed by atoms with Gasteiger partial charge in [0.05, 0.1) is 0 Å². The first-order valence-electron chi connectivity index (χ1n) is 6.57. The number of hydrogen-bond donors (Lipinski definition) is 1. The van der Waals surface area contributed by atoms with Gasteiger partial charge in [0.25, 0.3) is 0 Å². The van der Waals surface area contributed by atoms with Gasteiger partial charge < -0.3 is 10.0 Å². The third-order valence-corrected chi connectivity index (χ3v) is 3.29. The number of aromatic carboxylic acids is 1. The van der Waals surface area contributed by atoms with E-state index < -0.39 is 5.97 Å². The van der Waals surface area contributed by atoms with Crippen molar-refractivity contribution in [2.24, 2.45) is 5.92 Å². The third-order valence-electron chi connectivity index (χ3n) is 3.29. The fourth-order valence-electron chi connectivity index (χ4n) is 1.96. The molecule has 18 heavy (non-hydrogen) atoms. The first kappa shape index (κ1) is 14.5. The van der Waals surface area contributed by atoms with Gasteiger partial charge >= 0.3 is 5.97 Å². The van der Waals surface area contributed by atoms with E-state index in [9.17, 15) is 4.79 Å². The topological polar surface area (TPSA) is 53.4 Å². The van der Waals surface area contributed by atoms with Crippen molar-refractivity contribution >= 4 is 11.8 Å². The van der Waals surface area contributed by atoms with Gasteiger partial charge in [0, 0.05) is 13.1 Å². The van der Waals surface area contributed by atoms with Crippen LogP contribution in [0.3, 0.4) is 0 Å². The molecule has 4 heteroatoms. The van der Waals surface area contributed by atoms with Crippen LogP contribution in [0.15, 0.2) is 18.2 Å². The van der Waals surface area contributed by atoms with Crippen molar-refractivity contribution in [1.29, 1.82) is 0 Å². The molecule has 0 saturated carbocycles. The molecule has 1 rings (SSSR count). The number of carboxylic acid groups (broad SMARTS) is 1. The van der Waals surface area contributed by atoms with Crippen LogP contribution in [0.2, 0.25) is 0 Å². The minimum absolute atomic E-state index is 0.107. The van der Waals surface area contributed by atoms with Gasteiger partial charge in [-0.1, -0.05) is 32.8 Å². The van der Waals surface area contributed by atoms with Gasteiger partial charge in [-0.15, -0.1) is 0 Å². The molecule has 0 atom stereocenters. The zero-order valence-electron chi connectivity index (χ0n) is 11.4. The molecule has 0 unspecified atom stereocenters. The van der Waals surface area contributed by atoms with Gasteiger partial charge in [-0.3, -0.25) is 0 Å². The molecule has 100 valence electrons. The molecule has 0 spiro atoms. The van der Waals surface area contributed by atoms with Crippen molar-refractivity contribution < 1.29 is 9.90 Å².